The molecule has 0 saturated carbocycles. The van der Waals surface area contributed by atoms with Crippen molar-refractivity contribution in [2.75, 3.05) is 0 Å². The molecule has 0 radical (unpaired) electrons. The molecule has 0 aliphatic rings. The fourth-order valence-electron chi connectivity index (χ4n) is 1.73. The van der Waals surface area contributed by atoms with Gasteiger partial charge in [0.1, 0.15) is 0 Å². The van der Waals surface area contributed by atoms with Crippen molar-refractivity contribution in [3.05, 3.63) is 63.3 Å². The number of Topliss-reactive ketones (excluding diaryl/α,β-unsaturated/α-hetero) is 1. The topological polar surface area (TPSA) is 30.0 Å². The second-order valence-corrected chi connectivity index (χ2v) is 5.31. The Labute approximate surface area is 119 Å². The van der Waals surface area contributed by atoms with Crippen LogP contribution in [0.5, 0.6) is 0 Å². The molecule has 1 aromatic carbocycles. The third kappa shape index (κ3) is 2.79. The quantitative estimate of drug-likeness (QED) is 0.779. The van der Waals surface area contributed by atoms with Gasteiger partial charge in [-0.25, -0.2) is 0 Å². The van der Waals surface area contributed by atoms with E-state index in [4.69, 9.17) is 11.6 Å². The van der Waals surface area contributed by atoms with Crippen molar-refractivity contribution in [3.63, 3.8) is 0 Å². The Morgan fingerprint density at radius 1 is 1.28 bits per heavy atom. The molecule has 0 amide bonds. The second-order valence-electron chi connectivity index (χ2n) is 3.99. The van der Waals surface area contributed by atoms with Crippen LogP contribution in [0.2, 0.25) is 5.02 Å². The number of rotatable bonds is 3. The first-order valence-corrected chi connectivity index (χ1v) is 6.66. The van der Waals surface area contributed by atoms with Crippen LogP contribution in [-0.4, -0.2) is 10.8 Å². The van der Waals surface area contributed by atoms with Gasteiger partial charge >= 0.3 is 0 Å². The summed E-state index contributed by atoms with van der Waals surface area (Å²) in [6, 6.07) is 8.98. The van der Waals surface area contributed by atoms with E-state index in [2.05, 4.69) is 20.9 Å². The lowest BCUT2D eigenvalue weighted by molar-refractivity contribution is 0.0966. The molecular weight excluding hydrogens is 314 g/mol. The zero-order chi connectivity index (χ0) is 13.1. The number of pyridine rings is 1. The Balaban J connectivity index is 2.32. The summed E-state index contributed by atoms with van der Waals surface area (Å²) in [5.74, 6) is -0.217. The molecule has 1 unspecified atom stereocenters. The van der Waals surface area contributed by atoms with Crippen molar-refractivity contribution in [2.24, 2.45) is 0 Å². The van der Waals surface area contributed by atoms with Gasteiger partial charge in [-0.2, -0.15) is 0 Å². The van der Waals surface area contributed by atoms with Gasteiger partial charge in [-0.15, -0.1) is 0 Å². The Bertz CT molecular complexity index is 571. The van der Waals surface area contributed by atoms with E-state index in [1.807, 2.05) is 25.1 Å². The molecule has 18 heavy (non-hydrogen) atoms. The Morgan fingerprint density at radius 2 is 1.94 bits per heavy atom. The molecule has 1 aromatic heterocycles. The summed E-state index contributed by atoms with van der Waals surface area (Å²) < 4.78 is 0.862. The van der Waals surface area contributed by atoms with Gasteiger partial charge in [0.15, 0.2) is 5.78 Å². The van der Waals surface area contributed by atoms with Crippen LogP contribution in [0.4, 0.5) is 0 Å². The van der Waals surface area contributed by atoms with E-state index in [1.165, 1.54) is 0 Å². The van der Waals surface area contributed by atoms with Crippen molar-refractivity contribution in [2.45, 2.75) is 12.8 Å². The summed E-state index contributed by atoms with van der Waals surface area (Å²) in [6.07, 6.45) is 3.37. The van der Waals surface area contributed by atoms with E-state index in [1.54, 1.807) is 24.5 Å². The standard InChI is InChI=1S/C14H11BrClNO/c1-9(10-4-6-17-7-5-10)14(18)12-3-2-11(15)8-13(12)16/h2-9H,1H3. The van der Waals surface area contributed by atoms with E-state index in [9.17, 15) is 4.79 Å². The van der Waals surface area contributed by atoms with E-state index in [-0.39, 0.29) is 11.7 Å². The number of hydrogen-bond acceptors (Lipinski definition) is 2. The van der Waals surface area contributed by atoms with Crippen LogP contribution in [0, 0.1) is 0 Å². The van der Waals surface area contributed by atoms with Gasteiger partial charge in [-0.3, -0.25) is 9.78 Å². The fourth-order valence-corrected chi connectivity index (χ4v) is 2.49. The van der Waals surface area contributed by atoms with E-state index >= 15 is 0 Å². The monoisotopic (exact) mass is 323 g/mol. The van der Waals surface area contributed by atoms with E-state index in [0.717, 1.165) is 10.0 Å². The van der Waals surface area contributed by atoms with Gasteiger partial charge in [-0.1, -0.05) is 34.5 Å². The van der Waals surface area contributed by atoms with E-state index in [0.29, 0.717) is 10.6 Å². The van der Waals surface area contributed by atoms with Crippen LogP contribution < -0.4 is 0 Å². The summed E-state index contributed by atoms with van der Waals surface area (Å²) in [7, 11) is 0. The average Bonchev–Trinajstić information content (AvgIpc) is 2.38. The molecule has 0 aliphatic carbocycles. The Morgan fingerprint density at radius 3 is 2.56 bits per heavy atom. The number of hydrogen-bond donors (Lipinski definition) is 0. The molecule has 0 saturated heterocycles. The van der Waals surface area contributed by atoms with Crippen molar-refractivity contribution < 1.29 is 4.79 Å². The number of benzene rings is 1. The highest BCUT2D eigenvalue weighted by Gasteiger charge is 2.19. The highest BCUT2D eigenvalue weighted by Crippen LogP contribution is 2.27. The minimum atomic E-state index is -0.230. The normalized spacial score (nSPS) is 12.2. The van der Waals surface area contributed by atoms with Crippen LogP contribution in [0.1, 0.15) is 28.8 Å². The molecule has 0 N–H and O–H groups in total. The molecule has 0 aliphatic heterocycles. The molecule has 4 heteroatoms. The first-order valence-electron chi connectivity index (χ1n) is 5.49. The summed E-state index contributed by atoms with van der Waals surface area (Å²) in [4.78, 5) is 16.3. The number of carbonyl (C=O) groups excluding carboxylic acids is 1. The summed E-state index contributed by atoms with van der Waals surface area (Å²) in [5, 5.41) is 0.468. The number of aromatic nitrogens is 1. The van der Waals surface area contributed by atoms with Crippen LogP contribution in [-0.2, 0) is 0 Å². The molecule has 2 aromatic rings. The van der Waals surface area contributed by atoms with Crippen LogP contribution in [0.25, 0.3) is 0 Å². The molecule has 1 heterocycles. The Hall–Kier alpha value is -1.19. The lowest BCUT2D eigenvalue weighted by Crippen LogP contribution is -2.10. The SMILES string of the molecule is CC(C(=O)c1ccc(Br)cc1Cl)c1ccncc1. The number of ketones is 1. The maximum Gasteiger partial charge on any atom is 0.171 e. The van der Waals surface area contributed by atoms with Crippen LogP contribution >= 0.6 is 27.5 Å². The minimum absolute atomic E-state index is 0.0127. The van der Waals surface area contributed by atoms with Crippen LogP contribution in [0.15, 0.2) is 47.2 Å². The molecule has 2 rings (SSSR count). The van der Waals surface area contributed by atoms with Gasteiger partial charge in [0.2, 0.25) is 0 Å². The highest BCUT2D eigenvalue weighted by atomic mass is 79.9. The third-order valence-corrected chi connectivity index (χ3v) is 3.60. The van der Waals surface area contributed by atoms with Crippen molar-refractivity contribution in [1.82, 2.24) is 4.98 Å². The second kappa shape index (κ2) is 5.63. The largest absolute Gasteiger partial charge is 0.293 e. The number of nitrogens with zero attached hydrogens (tertiary/aromatic N) is 1. The molecule has 2 nitrogen and oxygen atoms in total. The summed E-state index contributed by atoms with van der Waals surface area (Å²) in [6.45, 7) is 1.87. The zero-order valence-electron chi connectivity index (χ0n) is 9.73. The minimum Gasteiger partial charge on any atom is -0.293 e. The first kappa shape index (κ1) is 13.2. The van der Waals surface area contributed by atoms with Crippen molar-refractivity contribution in [3.8, 4) is 0 Å². The molecule has 1 atom stereocenters. The smallest absolute Gasteiger partial charge is 0.171 e. The number of carbonyl (C=O) groups is 1. The zero-order valence-corrected chi connectivity index (χ0v) is 12.1. The fraction of sp³-hybridized carbons (Fsp3) is 0.143. The Kier molecular flexibility index (Phi) is 4.15. The molecular formula is C14H11BrClNO. The van der Waals surface area contributed by atoms with Crippen molar-refractivity contribution in [1.29, 1.82) is 0 Å². The van der Waals surface area contributed by atoms with Gasteiger partial charge in [0.05, 0.1) is 5.02 Å². The third-order valence-electron chi connectivity index (χ3n) is 2.80. The van der Waals surface area contributed by atoms with Gasteiger partial charge in [0, 0.05) is 28.3 Å². The lowest BCUT2D eigenvalue weighted by atomic mass is 9.93. The average molecular weight is 325 g/mol. The summed E-state index contributed by atoms with van der Waals surface area (Å²) >= 11 is 9.42. The molecule has 0 spiro atoms. The lowest BCUT2D eigenvalue weighted by Gasteiger charge is -2.11. The predicted molar refractivity (Wildman–Crippen MR) is 76.1 cm³/mol. The molecule has 0 bridgehead atoms. The predicted octanol–water partition coefficient (Wildman–Crippen LogP) is 4.48. The van der Waals surface area contributed by atoms with Gasteiger partial charge in [-0.05, 0) is 35.9 Å². The van der Waals surface area contributed by atoms with E-state index < -0.39 is 0 Å². The highest BCUT2D eigenvalue weighted by molar-refractivity contribution is 9.10. The first-order chi connectivity index (χ1) is 8.59. The van der Waals surface area contributed by atoms with Crippen LogP contribution in [0.3, 0.4) is 0 Å². The van der Waals surface area contributed by atoms with Crippen molar-refractivity contribution >= 4 is 33.3 Å². The molecule has 0 fully saturated rings. The van der Waals surface area contributed by atoms with Gasteiger partial charge < -0.3 is 0 Å². The van der Waals surface area contributed by atoms with Gasteiger partial charge in [0.25, 0.3) is 0 Å². The molecule has 92 valence electrons. The number of halogens is 2. The summed E-state index contributed by atoms with van der Waals surface area (Å²) in [5.41, 5.74) is 1.48. The maximum absolute atomic E-state index is 12.4. The maximum atomic E-state index is 12.4.